The van der Waals surface area contributed by atoms with Gasteiger partial charge in [0.15, 0.2) is 0 Å². The SMILES string of the molecule is COP(=S)(OC)N(SN(C)C(=O)ON=C(C)SC)C(C)C. The molecule has 0 aliphatic heterocycles. The molecule has 0 saturated heterocycles. The van der Waals surface area contributed by atoms with E-state index in [1.165, 1.54) is 30.3 Å². The average molecular weight is 375 g/mol. The van der Waals surface area contributed by atoms with Crippen molar-refractivity contribution in [3.63, 3.8) is 0 Å². The maximum Gasteiger partial charge on any atom is 0.446 e. The molecule has 0 fully saturated rings. The largest absolute Gasteiger partial charge is 0.446 e. The van der Waals surface area contributed by atoms with Gasteiger partial charge in [-0.25, -0.2) is 9.10 Å². The quantitative estimate of drug-likeness (QED) is 0.167. The highest BCUT2D eigenvalue weighted by Gasteiger charge is 2.32. The van der Waals surface area contributed by atoms with E-state index >= 15 is 0 Å². The van der Waals surface area contributed by atoms with Gasteiger partial charge in [0.25, 0.3) is 6.64 Å². The Morgan fingerprint density at radius 2 is 1.86 bits per heavy atom. The molecule has 0 aliphatic rings. The van der Waals surface area contributed by atoms with E-state index in [1.807, 2.05) is 20.1 Å². The summed E-state index contributed by atoms with van der Waals surface area (Å²) in [5.41, 5.74) is 0. The zero-order chi connectivity index (χ0) is 16.6. The Morgan fingerprint density at radius 3 is 2.24 bits per heavy atom. The van der Waals surface area contributed by atoms with Crippen LogP contribution in [0.1, 0.15) is 20.8 Å². The molecule has 0 atom stereocenters. The van der Waals surface area contributed by atoms with Crippen molar-refractivity contribution in [3.8, 4) is 0 Å². The van der Waals surface area contributed by atoms with Crippen LogP contribution < -0.4 is 0 Å². The summed E-state index contributed by atoms with van der Waals surface area (Å²) < 4.78 is 13.6. The van der Waals surface area contributed by atoms with Crippen LogP contribution in [0.15, 0.2) is 5.16 Å². The molecule has 0 spiro atoms. The van der Waals surface area contributed by atoms with Gasteiger partial charge in [0.2, 0.25) is 0 Å². The fourth-order valence-corrected chi connectivity index (χ4v) is 4.62. The number of nitrogens with zero attached hydrogens (tertiary/aromatic N) is 3. The van der Waals surface area contributed by atoms with Gasteiger partial charge >= 0.3 is 6.09 Å². The van der Waals surface area contributed by atoms with Crippen LogP contribution in [-0.2, 0) is 25.7 Å². The zero-order valence-electron chi connectivity index (χ0n) is 13.2. The number of hydrogen-bond donors (Lipinski definition) is 0. The molecule has 11 heteroatoms. The van der Waals surface area contributed by atoms with Crippen molar-refractivity contribution >= 4 is 53.5 Å². The maximum atomic E-state index is 11.9. The zero-order valence-corrected chi connectivity index (χ0v) is 16.6. The normalized spacial score (nSPS) is 12.9. The van der Waals surface area contributed by atoms with Gasteiger partial charge in [-0.05, 0) is 38.8 Å². The summed E-state index contributed by atoms with van der Waals surface area (Å²) in [6.45, 7) is 2.97. The minimum Gasteiger partial charge on any atom is -0.321 e. The van der Waals surface area contributed by atoms with Gasteiger partial charge in [-0.2, -0.15) is 4.08 Å². The summed E-state index contributed by atoms with van der Waals surface area (Å²) in [5, 5.41) is 4.35. The van der Waals surface area contributed by atoms with Crippen molar-refractivity contribution in [1.82, 2.24) is 8.38 Å². The van der Waals surface area contributed by atoms with Crippen molar-refractivity contribution < 1.29 is 18.7 Å². The van der Waals surface area contributed by atoms with E-state index in [9.17, 15) is 4.79 Å². The predicted octanol–water partition coefficient (Wildman–Crippen LogP) is 3.54. The topological polar surface area (TPSA) is 63.6 Å². The summed E-state index contributed by atoms with van der Waals surface area (Å²) in [6.07, 6.45) is 1.24. The average Bonchev–Trinajstić information content (AvgIpc) is 2.48. The van der Waals surface area contributed by atoms with Gasteiger partial charge < -0.3 is 9.05 Å². The predicted molar refractivity (Wildman–Crippen MR) is 93.7 cm³/mol. The highest BCUT2D eigenvalue weighted by molar-refractivity contribution is 8.15. The summed E-state index contributed by atoms with van der Waals surface area (Å²) in [5.74, 6) is 0. The third-order valence-electron chi connectivity index (χ3n) is 2.16. The lowest BCUT2D eigenvalue weighted by atomic mass is 10.4. The highest BCUT2D eigenvalue weighted by atomic mass is 32.5. The van der Waals surface area contributed by atoms with Crippen LogP contribution in [0, 0.1) is 0 Å². The first-order valence-corrected chi connectivity index (χ1v) is 10.5. The van der Waals surface area contributed by atoms with Crippen LogP contribution in [0.3, 0.4) is 0 Å². The monoisotopic (exact) mass is 375 g/mol. The van der Waals surface area contributed by atoms with Crippen molar-refractivity contribution in [2.45, 2.75) is 26.8 Å². The van der Waals surface area contributed by atoms with Gasteiger partial charge in [-0.3, -0.25) is 4.84 Å². The summed E-state index contributed by atoms with van der Waals surface area (Å²) in [6, 6.07) is 0.00687. The van der Waals surface area contributed by atoms with Crippen LogP contribution in [0.25, 0.3) is 0 Å². The number of hydrogen-bond acceptors (Lipinski definition) is 8. The van der Waals surface area contributed by atoms with E-state index in [2.05, 4.69) is 5.16 Å². The second kappa shape index (κ2) is 10.0. The molecule has 0 rings (SSSR count). The Hall–Kier alpha value is 0.170. The molecule has 0 aromatic heterocycles. The van der Waals surface area contributed by atoms with E-state index in [0.717, 1.165) is 12.1 Å². The Morgan fingerprint density at radius 1 is 1.33 bits per heavy atom. The molecular weight excluding hydrogens is 353 g/mol. The summed E-state index contributed by atoms with van der Waals surface area (Å²) in [7, 11) is 4.55. The first kappa shape index (κ1) is 21.2. The molecule has 0 aliphatic carbocycles. The summed E-state index contributed by atoms with van der Waals surface area (Å²) in [4.78, 5) is 16.7. The van der Waals surface area contributed by atoms with E-state index in [-0.39, 0.29) is 6.04 Å². The van der Waals surface area contributed by atoms with Crippen molar-refractivity contribution in [1.29, 1.82) is 0 Å². The molecule has 0 aromatic carbocycles. The molecule has 7 nitrogen and oxygen atoms in total. The van der Waals surface area contributed by atoms with Crippen LogP contribution in [0.2, 0.25) is 0 Å². The van der Waals surface area contributed by atoms with Gasteiger partial charge in [-0.15, -0.1) is 11.8 Å². The number of carbonyl (C=O) groups excluding carboxylic acids is 1. The Bertz CT molecular complexity index is 414. The van der Waals surface area contributed by atoms with E-state index in [0.29, 0.717) is 5.04 Å². The van der Waals surface area contributed by atoms with Gasteiger partial charge in [-0.1, -0.05) is 5.16 Å². The van der Waals surface area contributed by atoms with Gasteiger partial charge in [0, 0.05) is 27.3 Å². The fourth-order valence-electron chi connectivity index (χ4n) is 1.01. The molecule has 0 N–H and O–H groups in total. The van der Waals surface area contributed by atoms with Crippen LogP contribution in [0.4, 0.5) is 4.79 Å². The summed E-state index contributed by atoms with van der Waals surface area (Å²) >= 11 is 7.88. The molecule has 0 heterocycles. The molecule has 0 unspecified atom stereocenters. The van der Waals surface area contributed by atoms with Crippen molar-refractivity contribution in [2.75, 3.05) is 27.5 Å². The molecule has 124 valence electrons. The van der Waals surface area contributed by atoms with E-state index in [4.69, 9.17) is 25.7 Å². The maximum absolute atomic E-state index is 11.9. The van der Waals surface area contributed by atoms with Crippen LogP contribution in [0.5, 0.6) is 0 Å². The number of oxime groups is 1. The Balaban J connectivity index is 4.88. The smallest absolute Gasteiger partial charge is 0.321 e. The lowest BCUT2D eigenvalue weighted by Crippen LogP contribution is -2.30. The third kappa shape index (κ3) is 6.85. The van der Waals surface area contributed by atoms with Crippen molar-refractivity contribution in [2.24, 2.45) is 5.16 Å². The minimum atomic E-state index is -2.64. The number of carbonyl (C=O) groups is 1. The molecular formula is C10H22N3O4PS3. The lowest BCUT2D eigenvalue weighted by molar-refractivity contribution is 0.136. The second-order valence-electron chi connectivity index (χ2n) is 3.98. The number of rotatable bonds is 7. The van der Waals surface area contributed by atoms with Crippen molar-refractivity contribution in [3.05, 3.63) is 0 Å². The fraction of sp³-hybridized carbons (Fsp3) is 0.800. The van der Waals surface area contributed by atoms with E-state index in [1.54, 1.807) is 18.0 Å². The number of thioether (sulfide) groups is 1. The van der Waals surface area contributed by atoms with Crippen LogP contribution >= 0.6 is 30.5 Å². The Kier molecular flexibility index (Phi) is 10.1. The first-order chi connectivity index (χ1) is 9.71. The lowest BCUT2D eigenvalue weighted by Gasteiger charge is -2.34. The molecule has 0 saturated carbocycles. The second-order valence-corrected chi connectivity index (χ2v) is 9.84. The molecule has 21 heavy (non-hydrogen) atoms. The number of amides is 1. The van der Waals surface area contributed by atoms with E-state index < -0.39 is 12.7 Å². The molecule has 0 bridgehead atoms. The van der Waals surface area contributed by atoms with Gasteiger partial charge in [0.05, 0.1) is 12.1 Å². The first-order valence-electron chi connectivity index (χ1n) is 5.94. The standard InChI is InChI=1S/C10H22N3O4PS3/c1-8(2)13(18(19,15-5)16-6)21-12(4)10(14)17-11-9(3)20-7/h8H,1-7H3. The highest BCUT2D eigenvalue weighted by Crippen LogP contribution is 2.56. The minimum absolute atomic E-state index is 0.00687. The van der Waals surface area contributed by atoms with Crippen LogP contribution in [-0.4, -0.2) is 53.1 Å². The molecule has 0 aromatic rings. The third-order valence-corrected chi connectivity index (χ3v) is 8.27. The van der Waals surface area contributed by atoms with Gasteiger partial charge in [0.1, 0.15) is 5.04 Å². The molecule has 1 amide bonds. The molecule has 0 radical (unpaired) electrons. The Labute approximate surface area is 140 Å².